The van der Waals surface area contributed by atoms with E-state index >= 15 is 0 Å². The lowest BCUT2D eigenvalue weighted by molar-refractivity contribution is -0.122. The number of fused-ring (bicyclic) bond motifs is 1. The van der Waals surface area contributed by atoms with Gasteiger partial charge in [-0.25, -0.2) is 0 Å². The van der Waals surface area contributed by atoms with Crippen molar-refractivity contribution in [3.05, 3.63) is 44.3 Å². The number of rotatable bonds is 4. The molecule has 0 spiro atoms. The predicted octanol–water partition coefficient (Wildman–Crippen LogP) is 5.17. The molecule has 0 bridgehead atoms. The van der Waals surface area contributed by atoms with E-state index in [1.54, 1.807) is 6.92 Å². The van der Waals surface area contributed by atoms with E-state index in [4.69, 9.17) is 16.3 Å². The van der Waals surface area contributed by atoms with Crippen LogP contribution in [0, 0.1) is 25.2 Å². The van der Waals surface area contributed by atoms with Gasteiger partial charge in [-0.2, -0.15) is 5.26 Å². The summed E-state index contributed by atoms with van der Waals surface area (Å²) in [4.78, 5) is 13.8. The molecule has 6 heteroatoms. The van der Waals surface area contributed by atoms with E-state index in [9.17, 15) is 10.1 Å². The predicted molar refractivity (Wildman–Crippen MR) is 105 cm³/mol. The summed E-state index contributed by atoms with van der Waals surface area (Å²) < 4.78 is 5.79. The second kappa shape index (κ2) is 7.69. The molecule has 0 saturated carbocycles. The minimum Gasteiger partial charge on any atom is -0.481 e. The number of hydrogen-bond donors (Lipinski definition) is 1. The zero-order chi connectivity index (χ0) is 18.8. The Morgan fingerprint density at radius 3 is 2.62 bits per heavy atom. The molecule has 136 valence electrons. The van der Waals surface area contributed by atoms with Crippen LogP contribution in [-0.4, -0.2) is 12.0 Å². The van der Waals surface area contributed by atoms with Gasteiger partial charge in [0.05, 0.1) is 5.56 Å². The van der Waals surface area contributed by atoms with Crippen molar-refractivity contribution in [2.75, 3.05) is 5.32 Å². The number of carbonyl (C=O) groups excluding carboxylic acids is 1. The van der Waals surface area contributed by atoms with Crippen LogP contribution in [0.2, 0.25) is 5.02 Å². The molecule has 1 aromatic carbocycles. The normalized spacial score (nSPS) is 14.3. The lowest BCUT2D eigenvalue weighted by Crippen LogP contribution is -2.30. The number of anilines is 1. The zero-order valence-electron chi connectivity index (χ0n) is 15.1. The molecule has 0 aliphatic heterocycles. The molecule has 26 heavy (non-hydrogen) atoms. The van der Waals surface area contributed by atoms with Crippen molar-refractivity contribution in [3.8, 4) is 11.8 Å². The average molecular weight is 389 g/mol. The lowest BCUT2D eigenvalue weighted by Gasteiger charge is -2.16. The fraction of sp³-hybridized carbons (Fsp3) is 0.400. The standard InChI is InChI=1S/C20H21ClN2O2S/c1-11-8-14(9-12(2)18(11)21)25-13(3)19(24)23-20-16(10-22)15-6-4-5-7-17(15)26-20/h8-9,13H,4-7H2,1-3H3,(H,23,24). The van der Waals surface area contributed by atoms with Crippen LogP contribution in [0.5, 0.6) is 5.75 Å². The quantitative estimate of drug-likeness (QED) is 0.785. The number of nitriles is 1. The number of thiophene rings is 1. The molecule has 1 aromatic heterocycles. The molecule has 0 saturated heterocycles. The summed E-state index contributed by atoms with van der Waals surface area (Å²) in [5.41, 5.74) is 3.54. The third-order valence-electron chi connectivity index (χ3n) is 4.61. The Hall–Kier alpha value is -2.03. The Morgan fingerprint density at radius 1 is 1.31 bits per heavy atom. The number of benzene rings is 1. The molecule has 1 unspecified atom stereocenters. The molecule has 1 N–H and O–H groups in total. The summed E-state index contributed by atoms with van der Waals surface area (Å²) in [6.45, 7) is 5.51. The van der Waals surface area contributed by atoms with E-state index < -0.39 is 6.10 Å². The smallest absolute Gasteiger partial charge is 0.265 e. The van der Waals surface area contributed by atoms with Crippen LogP contribution in [0.15, 0.2) is 12.1 Å². The van der Waals surface area contributed by atoms with Crippen LogP contribution in [-0.2, 0) is 17.6 Å². The minimum absolute atomic E-state index is 0.259. The Morgan fingerprint density at radius 2 is 1.96 bits per heavy atom. The second-order valence-corrected chi connectivity index (χ2v) is 8.13. The van der Waals surface area contributed by atoms with E-state index in [0.717, 1.165) is 42.4 Å². The highest BCUT2D eigenvalue weighted by molar-refractivity contribution is 7.16. The molecule has 1 aliphatic rings. The number of halogens is 1. The van der Waals surface area contributed by atoms with Crippen molar-refractivity contribution < 1.29 is 9.53 Å². The number of hydrogen-bond acceptors (Lipinski definition) is 4. The largest absolute Gasteiger partial charge is 0.481 e. The van der Waals surface area contributed by atoms with Crippen molar-refractivity contribution in [1.29, 1.82) is 5.26 Å². The van der Waals surface area contributed by atoms with E-state index in [1.165, 1.54) is 16.2 Å². The first-order valence-corrected chi connectivity index (χ1v) is 9.89. The first-order chi connectivity index (χ1) is 12.4. The van der Waals surface area contributed by atoms with E-state index in [0.29, 0.717) is 21.3 Å². The van der Waals surface area contributed by atoms with Gasteiger partial charge in [0, 0.05) is 9.90 Å². The molecule has 0 fully saturated rings. The highest BCUT2D eigenvalue weighted by Gasteiger charge is 2.24. The fourth-order valence-electron chi connectivity index (χ4n) is 3.22. The van der Waals surface area contributed by atoms with Crippen LogP contribution in [0.3, 0.4) is 0 Å². The van der Waals surface area contributed by atoms with Gasteiger partial charge in [-0.05, 0) is 75.3 Å². The highest BCUT2D eigenvalue weighted by Crippen LogP contribution is 2.37. The Balaban J connectivity index is 1.74. The van der Waals surface area contributed by atoms with Crippen LogP contribution >= 0.6 is 22.9 Å². The molecule has 3 rings (SSSR count). The third-order valence-corrected chi connectivity index (χ3v) is 6.42. The van der Waals surface area contributed by atoms with Crippen LogP contribution < -0.4 is 10.1 Å². The summed E-state index contributed by atoms with van der Waals surface area (Å²) >= 11 is 7.69. The van der Waals surface area contributed by atoms with Crippen LogP contribution in [0.25, 0.3) is 0 Å². The van der Waals surface area contributed by atoms with E-state index in [1.807, 2.05) is 26.0 Å². The molecule has 0 radical (unpaired) electrons. The fourth-order valence-corrected chi connectivity index (χ4v) is 4.57. The van der Waals surface area contributed by atoms with Gasteiger partial charge in [0.1, 0.15) is 16.8 Å². The minimum atomic E-state index is -0.680. The van der Waals surface area contributed by atoms with Gasteiger partial charge >= 0.3 is 0 Å². The number of nitrogens with zero attached hydrogens (tertiary/aromatic N) is 1. The van der Waals surface area contributed by atoms with Gasteiger partial charge in [-0.1, -0.05) is 11.6 Å². The number of carbonyl (C=O) groups is 1. The van der Waals surface area contributed by atoms with Crippen molar-refractivity contribution in [2.24, 2.45) is 0 Å². The first kappa shape index (κ1) is 18.8. The van der Waals surface area contributed by atoms with E-state index in [2.05, 4.69) is 11.4 Å². The number of aryl methyl sites for hydroxylation is 3. The van der Waals surface area contributed by atoms with Crippen LogP contribution in [0.1, 0.15) is 46.9 Å². The molecule has 2 aromatic rings. The highest BCUT2D eigenvalue weighted by atomic mass is 35.5. The Labute approximate surface area is 162 Å². The monoisotopic (exact) mass is 388 g/mol. The van der Waals surface area contributed by atoms with Gasteiger partial charge in [0.15, 0.2) is 6.10 Å². The summed E-state index contributed by atoms with van der Waals surface area (Å²) in [6, 6.07) is 5.91. The van der Waals surface area contributed by atoms with Crippen molar-refractivity contribution in [2.45, 2.75) is 52.6 Å². The van der Waals surface area contributed by atoms with Crippen molar-refractivity contribution in [1.82, 2.24) is 0 Å². The Kier molecular flexibility index (Phi) is 5.55. The third kappa shape index (κ3) is 3.72. The Bertz CT molecular complexity index is 875. The number of ether oxygens (including phenoxy) is 1. The summed E-state index contributed by atoms with van der Waals surface area (Å²) in [5.74, 6) is 0.350. The maximum atomic E-state index is 12.6. The van der Waals surface area contributed by atoms with Gasteiger partial charge in [-0.15, -0.1) is 11.3 Å². The van der Waals surface area contributed by atoms with Crippen molar-refractivity contribution >= 4 is 33.8 Å². The van der Waals surface area contributed by atoms with Gasteiger partial charge < -0.3 is 10.1 Å². The number of nitrogens with one attached hydrogen (secondary N) is 1. The maximum absolute atomic E-state index is 12.6. The second-order valence-electron chi connectivity index (χ2n) is 6.65. The summed E-state index contributed by atoms with van der Waals surface area (Å²) in [7, 11) is 0. The summed E-state index contributed by atoms with van der Waals surface area (Å²) in [5, 5.41) is 13.7. The van der Waals surface area contributed by atoms with Gasteiger partial charge in [0.25, 0.3) is 5.91 Å². The molecular formula is C20H21ClN2O2S. The molecule has 1 amide bonds. The molecule has 1 aliphatic carbocycles. The average Bonchev–Trinajstić information content (AvgIpc) is 2.96. The molecule has 4 nitrogen and oxygen atoms in total. The molecular weight excluding hydrogens is 368 g/mol. The maximum Gasteiger partial charge on any atom is 0.265 e. The molecule has 1 heterocycles. The zero-order valence-corrected chi connectivity index (χ0v) is 16.7. The SMILES string of the molecule is Cc1cc(OC(C)C(=O)Nc2sc3c(c2C#N)CCCC3)cc(C)c1Cl. The topological polar surface area (TPSA) is 62.1 Å². The summed E-state index contributed by atoms with van der Waals surface area (Å²) in [6.07, 6.45) is 3.46. The van der Waals surface area contributed by atoms with Gasteiger partial charge in [-0.3, -0.25) is 4.79 Å². The van der Waals surface area contributed by atoms with E-state index in [-0.39, 0.29) is 5.91 Å². The van der Waals surface area contributed by atoms with Gasteiger partial charge in [0.2, 0.25) is 0 Å². The lowest BCUT2D eigenvalue weighted by atomic mass is 9.96. The molecule has 1 atom stereocenters. The van der Waals surface area contributed by atoms with Crippen molar-refractivity contribution in [3.63, 3.8) is 0 Å². The van der Waals surface area contributed by atoms with Crippen LogP contribution in [0.4, 0.5) is 5.00 Å². The first-order valence-electron chi connectivity index (χ1n) is 8.69. The number of amides is 1.